The van der Waals surface area contributed by atoms with E-state index in [1.54, 1.807) is 12.1 Å². The second kappa shape index (κ2) is 10.4. The Kier molecular flexibility index (Phi) is 7.33. The maximum Gasteiger partial charge on any atom is 0.345 e. The highest BCUT2D eigenvalue weighted by Crippen LogP contribution is 2.27. The van der Waals surface area contributed by atoms with Crippen LogP contribution in [0.3, 0.4) is 0 Å². The molecule has 2 aliphatic heterocycles. The number of aryl methyl sites for hydroxylation is 1. The van der Waals surface area contributed by atoms with E-state index in [9.17, 15) is 22.4 Å². The lowest BCUT2D eigenvalue weighted by atomic mass is 9.99. The Labute approximate surface area is 186 Å². The number of aromatic nitrogens is 2. The quantitative estimate of drug-likeness (QED) is 0.564. The minimum Gasteiger partial charge on any atom is -0.491 e. The van der Waals surface area contributed by atoms with Crippen LogP contribution in [0.2, 0.25) is 0 Å². The molecule has 12 heteroatoms. The van der Waals surface area contributed by atoms with Crippen LogP contribution in [-0.2, 0) is 28.9 Å². The number of amides is 1. The number of nitrogens with one attached hydrogen (secondary N) is 1. The molecule has 33 heavy (non-hydrogen) atoms. The number of rotatable bonds is 9. The number of ether oxygens (including phenoxy) is 4. The molecular weight excluding hydrogens is 450 g/mol. The Morgan fingerprint density at radius 2 is 2.03 bits per heavy atom. The molecule has 0 fully saturated rings. The van der Waals surface area contributed by atoms with E-state index in [4.69, 9.17) is 9.47 Å². The summed E-state index contributed by atoms with van der Waals surface area (Å²) < 4.78 is 70.2. The molecule has 0 saturated heterocycles. The molecule has 0 saturated carbocycles. The normalized spacial score (nSPS) is 19.6. The van der Waals surface area contributed by atoms with Crippen molar-refractivity contribution >= 4 is 5.91 Å². The first-order valence-electron chi connectivity index (χ1n) is 10.5. The number of carbonyl (C=O) groups excluding carboxylic acids is 1. The van der Waals surface area contributed by atoms with Gasteiger partial charge in [-0.05, 0) is 30.0 Å². The number of benzene rings is 1. The summed E-state index contributed by atoms with van der Waals surface area (Å²) in [6.45, 7) is -5.34. The van der Waals surface area contributed by atoms with Crippen LogP contribution in [0.1, 0.15) is 28.0 Å². The van der Waals surface area contributed by atoms with Crippen LogP contribution in [0.5, 0.6) is 11.6 Å². The molecule has 1 amide bonds. The Balaban J connectivity index is 1.33. The van der Waals surface area contributed by atoms with Crippen LogP contribution in [0.15, 0.2) is 24.3 Å². The zero-order chi connectivity index (χ0) is 23.4. The van der Waals surface area contributed by atoms with Gasteiger partial charge in [-0.1, -0.05) is 12.1 Å². The predicted molar refractivity (Wildman–Crippen MR) is 106 cm³/mol. The van der Waals surface area contributed by atoms with Crippen molar-refractivity contribution in [2.45, 2.75) is 51.2 Å². The Morgan fingerprint density at radius 3 is 2.82 bits per heavy atom. The molecule has 180 valence electrons. The van der Waals surface area contributed by atoms with Gasteiger partial charge in [0.1, 0.15) is 18.5 Å². The smallest absolute Gasteiger partial charge is 0.345 e. The van der Waals surface area contributed by atoms with Gasteiger partial charge in [0, 0.05) is 19.0 Å². The van der Waals surface area contributed by atoms with E-state index in [2.05, 4.69) is 19.9 Å². The van der Waals surface area contributed by atoms with E-state index in [1.165, 1.54) is 10.7 Å². The lowest BCUT2D eigenvalue weighted by molar-refractivity contribution is -0.147. The number of fused-ring (bicyclic) bond motifs is 2. The molecule has 8 nitrogen and oxygen atoms in total. The number of hydrogen-bond acceptors (Lipinski definition) is 6. The van der Waals surface area contributed by atoms with E-state index >= 15 is 0 Å². The van der Waals surface area contributed by atoms with Gasteiger partial charge < -0.3 is 24.3 Å². The highest BCUT2D eigenvalue weighted by Gasteiger charge is 2.27. The lowest BCUT2D eigenvalue weighted by Crippen LogP contribution is -2.43. The molecule has 0 bridgehead atoms. The van der Waals surface area contributed by atoms with Gasteiger partial charge in [0.25, 0.3) is 5.91 Å². The Bertz CT molecular complexity index is 971. The molecular formula is C21H23F4N3O5. The number of alkyl halides is 4. The SMILES string of the molecule is O=C(N[C@H]1COc2ccc(CCOC(F)F)cc2C1)c1cc2n(n1)CCC(COC(F)F)O2. The zero-order valence-corrected chi connectivity index (χ0v) is 17.5. The van der Waals surface area contributed by atoms with E-state index in [0.717, 1.165) is 11.1 Å². The molecule has 1 N–H and O–H groups in total. The van der Waals surface area contributed by atoms with E-state index in [1.807, 2.05) is 6.07 Å². The van der Waals surface area contributed by atoms with Crippen molar-refractivity contribution in [3.63, 3.8) is 0 Å². The van der Waals surface area contributed by atoms with Gasteiger partial charge in [0.15, 0.2) is 5.69 Å². The summed E-state index contributed by atoms with van der Waals surface area (Å²) in [5.41, 5.74) is 1.83. The summed E-state index contributed by atoms with van der Waals surface area (Å²) in [6.07, 6.45) is 0.725. The predicted octanol–water partition coefficient (Wildman–Crippen LogP) is 2.79. The molecule has 1 unspecified atom stereocenters. The summed E-state index contributed by atoms with van der Waals surface area (Å²) in [6, 6.07) is 6.57. The topological polar surface area (TPSA) is 83.8 Å². The summed E-state index contributed by atoms with van der Waals surface area (Å²) >= 11 is 0. The highest BCUT2D eigenvalue weighted by molar-refractivity contribution is 5.92. The van der Waals surface area contributed by atoms with Crippen LogP contribution in [0.4, 0.5) is 17.6 Å². The fraction of sp³-hybridized carbons (Fsp3) is 0.524. The number of carbonyl (C=O) groups is 1. The summed E-state index contributed by atoms with van der Waals surface area (Å²) in [5.74, 6) is 0.580. The average Bonchev–Trinajstić information content (AvgIpc) is 3.21. The van der Waals surface area contributed by atoms with Crippen molar-refractivity contribution in [2.24, 2.45) is 0 Å². The first kappa shape index (κ1) is 23.3. The van der Waals surface area contributed by atoms with E-state index < -0.39 is 25.2 Å². The molecule has 2 aliphatic rings. The Morgan fingerprint density at radius 1 is 1.21 bits per heavy atom. The van der Waals surface area contributed by atoms with Gasteiger partial charge in [0.2, 0.25) is 5.88 Å². The third kappa shape index (κ3) is 6.14. The number of halogens is 4. The molecule has 0 spiro atoms. The van der Waals surface area contributed by atoms with Crippen molar-refractivity contribution in [2.75, 3.05) is 19.8 Å². The summed E-state index contributed by atoms with van der Waals surface area (Å²) in [5, 5.41) is 7.10. The first-order chi connectivity index (χ1) is 15.9. The molecule has 2 atom stereocenters. The van der Waals surface area contributed by atoms with Crippen molar-refractivity contribution in [3.8, 4) is 11.6 Å². The minimum absolute atomic E-state index is 0.0976. The molecule has 0 aliphatic carbocycles. The first-order valence-corrected chi connectivity index (χ1v) is 10.5. The number of hydrogen-bond donors (Lipinski definition) is 1. The third-order valence-corrected chi connectivity index (χ3v) is 5.34. The average molecular weight is 473 g/mol. The van der Waals surface area contributed by atoms with Crippen LogP contribution in [0.25, 0.3) is 0 Å². The van der Waals surface area contributed by atoms with Crippen LogP contribution >= 0.6 is 0 Å². The third-order valence-electron chi connectivity index (χ3n) is 5.34. The Hall–Kier alpha value is -2.86. The molecule has 0 radical (unpaired) electrons. The minimum atomic E-state index is -2.87. The summed E-state index contributed by atoms with van der Waals surface area (Å²) in [4.78, 5) is 12.7. The van der Waals surface area contributed by atoms with Crippen molar-refractivity contribution in [3.05, 3.63) is 41.1 Å². The maximum absolute atomic E-state index is 12.7. The van der Waals surface area contributed by atoms with Gasteiger partial charge in [-0.15, -0.1) is 0 Å². The van der Waals surface area contributed by atoms with Gasteiger partial charge >= 0.3 is 13.2 Å². The van der Waals surface area contributed by atoms with Crippen molar-refractivity contribution in [1.82, 2.24) is 15.1 Å². The highest BCUT2D eigenvalue weighted by atomic mass is 19.3. The maximum atomic E-state index is 12.7. The second-order valence-electron chi connectivity index (χ2n) is 7.72. The summed E-state index contributed by atoms with van der Waals surface area (Å²) in [7, 11) is 0. The molecule has 2 aromatic rings. The lowest BCUT2D eigenvalue weighted by Gasteiger charge is -2.26. The second-order valence-corrected chi connectivity index (χ2v) is 7.72. The molecule has 1 aromatic heterocycles. The van der Waals surface area contributed by atoms with Crippen LogP contribution < -0.4 is 14.8 Å². The van der Waals surface area contributed by atoms with E-state index in [0.29, 0.717) is 37.4 Å². The molecule has 3 heterocycles. The van der Waals surface area contributed by atoms with Gasteiger partial charge in [-0.3, -0.25) is 4.79 Å². The van der Waals surface area contributed by atoms with Crippen molar-refractivity contribution < 1.29 is 41.3 Å². The van der Waals surface area contributed by atoms with Gasteiger partial charge in [0.05, 0.1) is 19.3 Å². The van der Waals surface area contributed by atoms with Crippen LogP contribution in [-0.4, -0.2) is 60.9 Å². The standard InChI is InChI=1S/C21H23F4N3O5/c22-20(23)30-6-4-12-1-2-17-13(7-12)8-14(10-31-17)26-19(29)16-9-18-28(27-16)5-3-15(33-18)11-32-21(24)25/h1-2,7,9,14-15,20-21H,3-6,8,10-11H2,(H,26,29)/t14-,15?/m1/s1. The van der Waals surface area contributed by atoms with Gasteiger partial charge in [-0.2, -0.15) is 22.7 Å². The zero-order valence-electron chi connectivity index (χ0n) is 17.5. The fourth-order valence-electron chi connectivity index (χ4n) is 3.78. The fourth-order valence-corrected chi connectivity index (χ4v) is 3.78. The van der Waals surface area contributed by atoms with Crippen molar-refractivity contribution in [1.29, 1.82) is 0 Å². The molecule has 1 aromatic carbocycles. The molecule has 4 rings (SSSR count). The monoisotopic (exact) mass is 473 g/mol. The van der Waals surface area contributed by atoms with Crippen LogP contribution in [0, 0.1) is 0 Å². The number of nitrogens with zero attached hydrogens (tertiary/aromatic N) is 2. The van der Waals surface area contributed by atoms with E-state index in [-0.39, 0.29) is 31.6 Å². The van der Waals surface area contributed by atoms with Gasteiger partial charge in [-0.25, -0.2) is 4.68 Å². The largest absolute Gasteiger partial charge is 0.491 e.